The van der Waals surface area contributed by atoms with Gasteiger partial charge in [-0.25, -0.2) is 18.4 Å². The Balaban J connectivity index is 1.68. The molecule has 1 aliphatic heterocycles. The Morgan fingerprint density at radius 2 is 1.89 bits per heavy atom. The summed E-state index contributed by atoms with van der Waals surface area (Å²) < 4.78 is 23.0. The molecule has 2 heterocycles. The second kappa shape index (κ2) is 7.26. The van der Waals surface area contributed by atoms with Crippen molar-refractivity contribution in [3.05, 3.63) is 47.9 Å². The molecule has 1 saturated heterocycles. The molecule has 0 aliphatic carbocycles. The van der Waals surface area contributed by atoms with Crippen LogP contribution in [-0.4, -0.2) is 41.8 Å². The van der Waals surface area contributed by atoms with Crippen molar-refractivity contribution in [3.8, 4) is 0 Å². The molecule has 0 radical (unpaired) electrons. The number of benzene rings is 1. The highest BCUT2D eigenvalue weighted by Crippen LogP contribution is 2.29. The van der Waals surface area contributed by atoms with Gasteiger partial charge in [0.05, 0.1) is 23.9 Å². The van der Waals surface area contributed by atoms with E-state index in [9.17, 15) is 13.2 Å². The number of amides is 1. The lowest BCUT2D eigenvalue weighted by Crippen LogP contribution is -2.22. The summed E-state index contributed by atoms with van der Waals surface area (Å²) in [4.78, 5) is 20.9. The van der Waals surface area contributed by atoms with Gasteiger partial charge < -0.3 is 10.6 Å². The lowest BCUT2D eigenvalue weighted by atomic mass is 9.86. The number of nitrogens with zero attached hydrogens (tertiary/aromatic N) is 2. The Kier molecular flexibility index (Phi) is 5.19. The average molecular weight is 388 g/mol. The Morgan fingerprint density at radius 1 is 1.15 bits per heavy atom. The minimum Gasteiger partial charge on any atom is -0.365 e. The number of nitrogens with one attached hydrogen (secondary N) is 2. The van der Waals surface area contributed by atoms with Gasteiger partial charge in [-0.05, 0) is 23.5 Å². The predicted octanol–water partition coefficient (Wildman–Crippen LogP) is 2.63. The van der Waals surface area contributed by atoms with Gasteiger partial charge in [-0.2, -0.15) is 0 Å². The highest BCUT2D eigenvalue weighted by atomic mass is 32.2. The van der Waals surface area contributed by atoms with Crippen molar-refractivity contribution < 1.29 is 13.2 Å². The third-order valence-corrected chi connectivity index (χ3v) is 6.22. The van der Waals surface area contributed by atoms with Crippen molar-refractivity contribution in [3.63, 3.8) is 0 Å². The number of hydrogen-bond donors (Lipinski definition) is 2. The summed E-state index contributed by atoms with van der Waals surface area (Å²) in [5, 5.41) is 5.95. The van der Waals surface area contributed by atoms with Crippen LogP contribution in [-0.2, 0) is 15.3 Å². The highest BCUT2D eigenvalue weighted by molar-refractivity contribution is 7.91. The van der Waals surface area contributed by atoms with Crippen LogP contribution in [0.25, 0.3) is 0 Å². The number of sulfone groups is 1. The minimum atomic E-state index is -2.96. The number of carbonyl (C=O) groups excluding carboxylic acids is 1. The maximum atomic E-state index is 12.5. The van der Waals surface area contributed by atoms with Gasteiger partial charge in [0, 0.05) is 11.7 Å². The zero-order chi connectivity index (χ0) is 19.7. The molecular formula is C19H24N4O3S. The summed E-state index contributed by atoms with van der Waals surface area (Å²) >= 11 is 0. The van der Waals surface area contributed by atoms with E-state index in [1.165, 1.54) is 12.4 Å². The van der Waals surface area contributed by atoms with Crippen molar-refractivity contribution >= 4 is 27.2 Å². The molecule has 8 heteroatoms. The third kappa shape index (κ3) is 4.82. The van der Waals surface area contributed by atoms with E-state index in [2.05, 4.69) is 41.4 Å². The molecule has 1 amide bonds. The van der Waals surface area contributed by atoms with E-state index in [4.69, 9.17) is 0 Å². The van der Waals surface area contributed by atoms with Crippen molar-refractivity contribution in [1.82, 2.24) is 9.97 Å². The average Bonchev–Trinajstić information content (AvgIpc) is 2.93. The molecule has 27 heavy (non-hydrogen) atoms. The van der Waals surface area contributed by atoms with E-state index in [1.807, 2.05) is 24.3 Å². The third-order valence-electron chi connectivity index (χ3n) is 4.45. The zero-order valence-corrected chi connectivity index (χ0v) is 16.5. The quantitative estimate of drug-likeness (QED) is 0.835. The molecule has 144 valence electrons. The molecule has 7 nitrogen and oxygen atoms in total. The monoisotopic (exact) mass is 388 g/mol. The van der Waals surface area contributed by atoms with Gasteiger partial charge in [-0.3, -0.25) is 4.79 Å². The fourth-order valence-corrected chi connectivity index (χ4v) is 4.74. The van der Waals surface area contributed by atoms with Crippen LogP contribution in [0.3, 0.4) is 0 Å². The van der Waals surface area contributed by atoms with E-state index in [-0.39, 0.29) is 34.6 Å². The predicted molar refractivity (Wildman–Crippen MR) is 106 cm³/mol. The van der Waals surface area contributed by atoms with Crippen LogP contribution in [0.15, 0.2) is 36.7 Å². The Bertz CT molecular complexity index is 934. The SMILES string of the molecule is CC(C)(C)c1ccccc1NC(=O)c1cnc(NC2CCS(=O)(=O)C2)cn1. The lowest BCUT2D eigenvalue weighted by Gasteiger charge is -2.22. The first-order valence-electron chi connectivity index (χ1n) is 8.84. The molecule has 0 bridgehead atoms. The summed E-state index contributed by atoms with van der Waals surface area (Å²) in [5.74, 6) is 0.407. The van der Waals surface area contributed by atoms with Gasteiger partial charge in [0.15, 0.2) is 9.84 Å². The molecule has 1 atom stereocenters. The van der Waals surface area contributed by atoms with Gasteiger partial charge in [0.2, 0.25) is 0 Å². The topological polar surface area (TPSA) is 101 Å². The van der Waals surface area contributed by atoms with Gasteiger partial charge in [-0.1, -0.05) is 39.0 Å². The fraction of sp³-hybridized carbons (Fsp3) is 0.421. The highest BCUT2D eigenvalue weighted by Gasteiger charge is 2.28. The number of anilines is 2. The smallest absolute Gasteiger partial charge is 0.275 e. The van der Waals surface area contributed by atoms with E-state index in [0.29, 0.717) is 12.2 Å². The number of rotatable bonds is 4. The van der Waals surface area contributed by atoms with Crippen LogP contribution in [0, 0.1) is 0 Å². The summed E-state index contributed by atoms with van der Waals surface area (Å²) in [6.07, 6.45) is 3.40. The number of para-hydroxylation sites is 1. The van der Waals surface area contributed by atoms with Crippen LogP contribution in [0.4, 0.5) is 11.5 Å². The molecule has 0 spiro atoms. The Labute approximate surface area is 159 Å². The molecular weight excluding hydrogens is 364 g/mol. The van der Waals surface area contributed by atoms with Gasteiger partial charge in [-0.15, -0.1) is 0 Å². The van der Waals surface area contributed by atoms with Crippen LogP contribution in [0.2, 0.25) is 0 Å². The second-order valence-electron chi connectivity index (χ2n) is 7.78. The number of hydrogen-bond acceptors (Lipinski definition) is 6. The normalized spacial score (nSPS) is 18.9. The van der Waals surface area contributed by atoms with Gasteiger partial charge in [0.25, 0.3) is 5.91 Å². The molecule has 0 saturated carbocycles. The van der Waals surface area contributed by atoms with Crippen molar-refractivity contribution in [2.45, 2.75) is 38.6 Å². The number of aromatic nitrogens is 2. The number of carbonyl (C=O) groups is 1. The summed E-state index contributed by atoms with van der Waals surface area (Å²) in [6.45, 7) is 6.25. The molecule has 1 fully saturated rings. The van der Waals surface area contributed by atoms with Crippen LogP contribution in [0.1, 0.15) is 43.2 Å². The maximum absolute atomic E-state index is 12.5. The summed E-state index contributed by atoms with van der Waals surface area (Å²) in [6, 6.07) is 7.51. The largest absolute Gasteiger partial charge is 0.365 e. The van der Waals surface area contributed by atoms with Crippen LogP contribution >= 0.6 is 0 Å². The van der Waals surface area contributed by atoms with E-state index in [0.717, 1.165) is 11.3 Å². The Hall–Kier alpha value is -2.48. The van der Waals surface area contributed by atoms with E-state index >= 15 is 0 Å². The maximum Gasteiger partial charge on any atom is 0.275 e. The van der Waals surface area contributed by atoms with Gasteiger partial charge >= 0.3 is 0 Å². The standard InChI is InChI=1S/C19H24N4O3S/c1-19(2,3)14-6-4-5-7-15(14)23-18(24)16-10-21-17(11-20-16)22-13-8-9-27(25,26)12-13/h4-7,10-11,13H,8-9,12H2,1-3H3,(H,21,22)(H,23,24). The molecule has 2 N–H and O–H groups in total. The first kappa shape index (κ1) is 19.3. The van der Waals surface area contributed by atoms with E-state index in [1.54, 1.807) is 0 Å². The molecule has 1 aromatic heterocycles. The summed E-state index contributed by atoms with van der Waals surface area (Å²) in [5.41, 5.74) is 1.87. The lowest BCUT2D eigenvalue weighted by molar-refractivity contribution is 0.102. The van der Waals surface area contributed by atoms with Crippen LogP contribution < -0.4 is 10.6 Å². The molecule has 1 aromatic carbocycles. The second-order valence-corrected chi connectivity index (χ2v) is 10.0. The van der Waals surface area contributed by atoms with Crippen molar-refractivity contribution in [1.29, 1.82) is 0 Å². The Morgan fingerprint density at radius 3 is 2.48 bits per heavy atom. The van der Waals surface area contributed by atoms with Gasteiger partial charge in [0.1, 0.15) is 11.5 Å². The molecule has 2 aromatic rings. The van der Waals surface area contributed by atoms with E-state index < -0.39 is 9.84 Å². The van der Waals surface area contributed by atoms with Crippen molar-refractivity contribution in [2.24, 2.45) is 0 Å². The first-order chi connectivity index (χ1) is 12.6. The summed E-state index contributed by atoms with van der Waals surface area (Å²) in [7, 11) is -2.96. The fourth-order valence-electron chi connectivity index (χ4n) is 3.07. The molecule has 1 unspecified atom stereocenters. The first-order valence-corrected chi connectivity index (χ1v) is 10.7. The molecule has 1 aliphatic rings. The van der Waals surface area contributed by atoms with Crippen molar-refractivity contribution in [2.75, 3.05) is 22.1 Å². The van der Waals surface area contributed by atoms with Crippen LogP contribution in [0.5, 0.6) is 0 Å². The minimum absolute atomic E-state index is 0.0977. The zero-order valence-electron chi connectivity index (χ0n) is 15.7. The molecule has 3 rings (SSSR count).